The van der Waals surface area contributed by atoms with E-state index in [1.54, 1.807) is 17.6 Å². The minimum atomic E-state index is -0.140. The summed E-state index contributed by atoms with van der Waals surface area (Å²) in [6.45, 7) is 7.14. The molecule has 1 aromatic carbocycles. The van der Waals surface area contributed by atoms with Crippen molar-refractivity contribution in [3.63, 3.8) is 0 Å². The summed E-state index contributed by atoms with van der Waals surface area (Å²) in [6, 6.07) is 5.56. The molecule has 1 amide bonds. The zero-order chi connectivity index (χ0) is 19.0. The van der Waals surface area contributed by atoms with Crippen molar-refractivity contribution in [3.05, 3.63) is 45.1 Å². The van der Waals surface area contributed by atoms with Crippen molar-refractivity contribution in [2.24, 2.45) is 16.4 Å². The van der Waals surface area contributed by atoms with Crippen LogP contribution in [-0.4, -0.2) is 18.9 Å². The van der Waals surface area contributed by atoms with Gasteiger partial charge in [0, 0.05) is 10.3 Å². The van der Waals surface area contributed by atoms with Crippen LogP contribution in [0.15, 0.2) is 28.7 Å². The highest BCUT2D eigenvalue weighted by atomic mass is 32.1. The van der Waals surface area contributed by atoms with Gasteiger partial charge in [0.1, 0.15) is 0 Å². The number of hydrogen-bond acceptors (Lipinski definition) is 5. The zero-order valence-corrected chi connectivity index (χ0v) is 16.7. The van der Waals surface area contributed by atoms with Gasteiger partial charge in [-0.05, 0) is 59.9 Å². The standard InChI is InChI=1S/C21H24N2O3S/c1-21(2,3)14-5-6-15-16(11-27-19(15)9-14)20(24)23-22-10-13-4-7-17-18(8-13)26-12-25-17/h4,7-8,10-11,14H,5-6,9,12H2,1-3H3,(H,23,24)/b22-10-. The Labute approximate surface area is 163 Å². The summed E-state index contributed by atoms with van der Waals surface area (Å²) in [4.78, 5) is 13.9. The lowest BCUT2D eigenvalue weighted by molar-refractivity contribution is 0.0954. The smallest absolute Gasteiger partial charge is 0.272 e. The number of amides is 1. The van der Waals surface area contributed by atoms with E-state index in [-0.39, 0.29) is 12.7 Å². The highest BCUT2D eigenvalue weighted by Crippen LogP contribution is 2.40. The molecule has 1 atom stereocenters. The number of hydrazone groups is 1. The second-order valence-corrected chi connectivity index (χ2v) is 9.13. The molecule has 1 N–H and O–H groups in total. The maximum Gasteiger partial charge on any atom is 0.272 e. The van der Waals surface area contributed by atoms with E-state index in [2.05, 4.69) is 31.3 Å². The molecule has 4 rings (SSSR count). The third kappa shape index (κ3) is 3.72. The SMILES string of the molecule is CC(C)(C)C1CCc2c(C(=O)N/N=C\c3ccc4c(c3)OCO4)csc2C1. The Kier molecular flexibility index (Phi) is 4.68. The largest absolute Gasteiger partial charge is 0.454 e. The van der Waals surface area contributed by atoms with Gasteiger partial charge < -0.3 is 9.47 Å². The second-order valence-electron chi connectivity index (χ2n) is 8.17. The topological polar surface area (TPSA) is 59.9 Å². The van der Waals surface area contributed by atoms with Gasteiger partial charge in [-0.2, -0.15) is 5.10 Å². The zero-order valence-electron chi connectivity index (χ0n) is 15.9. The van der Waals surface area contributed by atoms with Crippen LogP contribution in [0.2, 0.25) is 0 Å². The molecule has 27 heavy (non-hydrogen) atoms. The molecule has 5 nitrogen and oxygen atoms in total. The van der Waals surface area contributed by atoms with Gasteiger partial charge in [0.25, 0.3) is 5.91 Å². The van der Waals surface area contributed by atoms with E-state index in [0.29, 0.717) is 17.1 Å². The first-order valence-electron chi connectivity index (χ1n) is 9.24. The first kappa shape index (κ1) is 18.0. The number of hydrogen-bond donors (Lipinski definition) is 1. The number of ether oxygens (including phenoxy) is 2. The Morgan fingerprint density at radius 3 is 2.93 bits per heavy atom. The fourth-order valence-corrected chi connectivity index (χ4v) is 4.82. The van der Waals surface area contributed by atoms with Crippen molar-refractivity contribution in [2.45, 2.75) is 40.0 Å². The average Bonchev–Trinajstić information content (AvgIpc) is 3.26. The summed E-state index contributed by atoms with van der Waals surface area (Å²) in [5, 5.41) is 6.08. The molecule has 0 saturated heterocycles. The molecule has 0 saturated carbocycles. The van der Waals surface area contributed by atoms with Crippen LogP contribution in [0.5, 0.6) is 11.5 Å². The van der Waals surface area contributed by atoms with Gasteiger partial charge in [0.05, 0.1) is 11.8 Å². The molecule has 142 valence electrons. The number of carbonyl (C=O) groups excluding carboxylic acids is 1. The molecule has 0 spiro atoms. The predicted octanol–water partition coefficient (Wildman–Crippen LogP) is 4.39. The van der Waals surface area contributed by atoms with Crippen LogP contribution in [0.1, 0.15) is 53.6 Å². The summed E-state index contributed by atoms with van der Waals surface area (Å²) >= 11 is 1.70. The van der Waals surface area contributed by atoms with Crippen LogP contribution in [0.25, 0.3) is 0 Å². The number of thiophene rings is 1. The van der Waals surface area contributed by atoms with Gasteiger partial charge in [-0.25, -0.2) is 5.43 Å². The number of benzene rings is 1. The fraction of sp³-hybridized carbons (Fsp3) is 0.429. The van der Waals surface area contributed by atoms with Gasteiger partial charge in [-0.1, -0.05) is 20.8 Å². The molecule has 1 aliphatic heterocycles. The Balaban J connectivity index is 1.42. The molecule has 0 fully saturated rings. The number of carbonyl (C=O) groups is 1. The van der Waals surface area contributed by atoms with Crippen LogP contribution < -0.4 is 14.9 Å². The lowest BCUT2D eigenvalue weighted by atomic mass is 9.72. The predicted molar refractivity (Wildman–Crippen MR) is 107 cm³/mol. The third-order valence-electron chi connectivity index (χ3n) is 5.40. The van der Waals surface area contributed by atoms with Crippen LogP contribution in [0, 0.1) is 11.3 Å². The van der Waals surface area contributed by atoms with Crippen molar-refractivity contribution >= 4 is 23.5 Å². The van der Waals surface area contributed by atoms with Crippen molar-refractivity contribution in [3.8, 4) is 11.5 Å². The van der Waals surface area contributed by atoms with E-state index >= 15 is 0 Å². The summed E-state index contributed by atoms with van der Waals surface area (Å²) in [5.41, 5.74) is 5.78. The van der Waals surface area contributed by atoms with Crippen LogP contribution in [0.3, 0.4) is 0 Å². The molecule has 2 aliphatic rings. The van der Waals surface area contributed by atoms with Crippen molar-refractivity contribution < 1.29 is 14.3 Å². The fourth-order valence-electron chi connectivity index (χ4n) is 3.66. The van der Waals surface area contributed by atoms with Crippen molar-refractivity contribution in [1.29, 1.82) is 0 Å². The highest BCUT2D eigenvalue weighted by Gasteiger charge is 2.31. The summed E-state index contributed by atoms with van der Waals surface area (Å²) in [6.07, 6.45) is 4.79. The molecule has 2 heterocycles. The molecule has 1 aliphatic carbocycles. The van der Waals surface area contributed by atoms with Crippen LogP contribution >= 0.6 is 11.3 Å². The Hall–Kier alpha value is -2.34. The molecule has 2 aromatic rings. The minimum absolute atomic E-state index is 0.140. The van der Waals surface area contributed by atoms with Crippen LogP contribution in [0.4, 0.5) is 0 Å². The highest BCUT2D eigenvalue weighted by molar-refractivity contribution is 7.10. The van der Waals surface area contributed by atoms with E-state index in [1.165, 1.54) is 10.4 Å². The number of nitrogens with one attached hydrogen (secondary N) is 1. The molecule has 0 bridgehead atoms. The second kappa shape index (κ2) is 7.00. The molecule has 1 unspecified atom stereocenters. The maximum atomic E-state index is 12.6. The van der Waals surface area contributed by atoms with Gasteiger partial charge >= 0.3 is 0 Å². The lowest BCUT2D eigenvalue weighted by Crippen LogP contribution is -2.27. The summed E-state index contributed by atoms with van der Waals surface area (Å²) < 4.78 is 10.6. The molecule has 1 aromatic heterocycles. The number of fused-ring (bicyclic) bond motifs is 2. The van der Waals surface area contributed by atoms with E-state index in [4.69, 9.17) is 9.47 Å². The first-order valence-corrected chi connectivity index (χ1v) is 10.1. The number of nitrogens with zero attached hydrogens (tertiary/aromatic N) is 1. The lowest BCUT2D eigenvalue weighted by Gasteiger charge is -2.33. The normalized spacial score (nSPS) is 18.6. The molecular weight excluding hydrogens is 360 g/mol. The quantitative estimate of drug-likeness (QED) is 0.631. The van der Waals surface area contributed by atoms with Gasteiger partial charge in [-0.15, -0.1) is 11.3 Å². The van der Waals surface area contributed by atoms with E-state index in [9.17, 15) is 4.79 Å². The Morgan fingerprint density at radius 2 is 2.11 bits per heavy atom. The Morgan fingerprint density at radius 1 is 1.30 bits per heavy atom. The summed E-state index contributed by atoms with van der Waals surface area (Å²) in [7, 11) is 0. The molecule has 0 radical (unpaired) electrons. The summed E-state index contributed by atoms with van der Waals surface area (Å²) in [5.74, 6) is 1.96. The van der Waals surface area contributed by atoms with E-state index in [1.807, 2.05) is 23.6 Å². The van der Waals surface area contributed by atoms with Gasteiger partial charge in [0.2, 0.25) is 6.79 Å². The van der Waals surface area contributed by atoms with E-state index in [0.717, 1.165) is 36.1 Å². The molecular formula is C21H24N2O3S. The monoisotopic (exact) mass is 384 g/mol. The first-order chi connectivity index (χ1) is 12.9. The van der Waals surface area contributed by atoms with E-state index < -0.39 is 0 Å². The Bertz CT molecular complexity index is 895. The number of rotatable bonds is 3. The third-order valence-corrected chi connectivity index (χ3v) is 6.45. The van der Waals surface area contributed by atoms with Crippen molar-refractivity contribution in [2.75, 3.05) is 6.79 Å². The van der Waals surface area contributed by atoms with Gasteiger partial charge in [0.15, 0.2) is 11.5 Å². The van der Waals surface area contributed by atoms with Gasteiger partial charge in [-0.3, -0.25) is 4.79 Å². The molecule has 6 heteroatoms. The van der Waals surface area contributed by atoms with Crippen molar-refractivity contribution in [1.82, 2.24) is 5.43 Å². The average molecular weight is 385 g/mol. The maximum absolute atomic E-state index is 12.6. The minimum Gasteiger partial charge on any atom is -0.454 e. The van der Waals surface area contributed by atoms with Crippen LogP contribution in [-0.2, 0) is 12.8 Å².